The summed E-state index contributed by atoms with van der Waals surface area (Å²) in [6, 6.07) is 7.12. The quantitative estimate of drug-likeness (QED) is 0.484. The lowest BCUT2D eigenvalue weighted by Gasteiger charge is -2.35. The maximum atomic E-state index is 14.0. The van der Waals surface area contributed by atoms with Crippen LogP contribution in [0.4, 0.5) is 0 Å². The highest BCUT2D eigenvalue weighted by atomic mass is 16.2. The Labute approximate surface area is 209 Å². The zero-order valence-electron chi connectivity index (χ0n) is 21.5. The molecule has 6 nitrogen and oxygen atoms in total. The number of hydrogen-bond acceptors (Lipinski definition) is 3. The minimum absolute atomic E-state index is 0.0794. The fourth-order valence-corrected chi connectivity index (χ4v) is 4.67. The molecule has 6 heteroatoms. The van der Waals surface area contributed by atoms with Crippen LogP contribution in [0.15, 0.2) is 72.7 Å². The van der Waals surface area contributed by atoms with E-state index in [0.717, 1.165) is 48.2 Å². The lowest BCUT2D eigenvalue weighted by Crippen LogP contribution is -2.47. The van der Waals surface area contributed by atoms with E-state index in [4.69, 9.17) is 0 Å². The topological polar surface area (TPSA) is 67.2 Å². The largest absolute Gasteiger partial charge is 0.351 e. The Kier molecular flexibility index (Phi) is 9.24. The van der Waals surface area contributed by atoms with Crippen LogP contribution in [0.1, 0.15) is 68.9 Å². The molecule has 2 amide bonds. The summed E-state index contributed by atoms with van der Waals surface area (Å²) in [5, 5.41) is 3.27. The number of aromatic nitrogens is 2. The molecule has 1 saturated carbocycles. The van der Waals surface area contributed by atoms with Gasteiger partial charge in [0.25, 0.3) is 0 Å². The Morgan fingerprint density at radius 1 is 1.23 bits per heavy atom. The van der Waals surface area contributed by atoms with E-state index in [2.05, 4.69) is 16.9 Å². The Bertz CT molecular complexity index is 1110. The molecule has 0 bridgehead atoms. The molecule has 1 aromatic heterocycles. The molecule has 1 fully saturated rings. The zero-order valence-corrected chi connectivity index (χ0v) is 21.5. The molecule has 1 unspecified atom stereocenters. The Balaban J connectivity index is 2.12. The van der Waals surface area contributed by atoms with Gasteiger partial charge in [-0.3, -0.25) is 14.5 Å². The van der Waals surface area contributed by atoms with Gasteiger partial charge in [-0.15, -0.1) is 0 Å². The number of amides is 2. The minimum Gasteiger partial charge on any atom is -0.351 e. The van der Waals surface area contributed by atoms with Crippen molar-refractivity contribution in [3.8, 4) is 0 Å². The minimum atomic E-state index is -0.809. The number of allylic oxidation sites excluding steroid dienone is 4. The van der Waals surface area contributed by atoms with Crippen molar-refractivity contribution in [2.45, 2.75) is 78.4 Å². The summed E-state index contributed by atoms with van der Waals surface area (Å²) in [4.78, 5) is 33.8. The van der Waals surface area contributed by atoms with Crippen molar-refractivity contribution in [2.75, 3.05) is 0 Å². The number of imidazole rings is 1. The number of aryl methyl sites for hydroxylation is 2. The van der Waals surface area contributed by atoms with Gasteiger partial charge in [0.15, 0.2) is 0 Å². The molecule has 1 heterocycles. The van der Waals surface area contributed by atoms with Gasteiger partial charge in [0, 0.05) is 24.1 Å². The SMILES string of the molecule is C=C(C)C=C(C=CC)N(C(=O)Cn1ccnc1C)C(C(=O)NC1CCCCC1)c1ccccc1C. The second-order valence-electron chi connectivity index (χ2n) is 9.38. The van der Waals surface area contributed by atoms with Gasteiger partial charge in [0.2, 0.25) is 11.8 Å². The molecule has 3 rings (SSSR count). The number of nitrogens with zero attached hydrogens (tertiary/aromatic N) is 3. The van der Waals surface area contributed by atoms with E-state index in [-0.39, 0.29) is 24.4 Å². The summed E-state index contributed by atoms with van der Waals surface area (Å²) in [5.74, 6) is 0.400. The first-order valence-corrected chi connectivity index (χ1v) is 12.5. The van der Waals surface area contributed by atoms with E-state index in [1.165, 1.54) is 6.42 Å². The average molecular weight is 475 g/mol. The lowest BCUT2D eigenvalue weighted by molar-refractivity contribution is -0.139. The van der Waals surface area contributed by atoms with E-state index in [9.17, 15) is 9.59 Å². The van der Waals surface area contributed by atoms with E-state index < -0.39 is 6.04 Å². The van der Waals surface area contributed by atoms with Crippen molar-refractivity contribution >= 4 is 11.8 Å². The van der Waals surface area contributed by atoms with Crippen LogP contribution in [0.5, 0.6) is 0 Å². The van der Waals surface area contributed by atoms with Gasteiger partial charge >= 0.3 is 0 Å². The van der Waals surface area contributed by atoms with Crippen molar-refractivity contribution in [3.63, 3.8) is 0 Å². The molecular weight excluding hydrogens is 436 g/mol. The van der Waals surface area contributed by atoms with Crippen molar-refractivity contribution < 1.29 is 9.59 Å². The van der Waals surface area contributed by atoms with Crippen molar-refractivity contribution in [1.29, 1.82) is 0 Å². The molecule has 0 spiro atoms. The second kappa shape index (κ2) is 12.3. The molecule has 0 radical (unpaired) electrons. The Morgan fingerprint density at radius 2 is 1.94 bits per heavy atom. The van der Waals surface area contributed by atoms with Gasteiger partial charge in [0.05, 0.1) is 0 Å². The summed E-state index contributed by atoms with van der Waals surface area (Å²) in [6.45, 7) is 11.7. The van der Waals surface area contributed by atoms with Gasteiger partial charge in [-0.25, -0.2) is 4.98 Å². The third-order valence-electron chi connectivity index (χ3n) is 6.45. The molecule has 1 N–H and O–H groups in total. The molecule has 0 saturated heterocycles. The van der Waals surface area contributed by atoms with Crippen LogP contribution in [0.2, 0.25) is 0 Å². The maximum absolute atomic E-state index is 14.0. The van der Waals surface area contributed by atoms with E-state index in [1.807, 2.05) is 70.2 Å². The fourth-order valence-electron chi connectivity index (χ4n) is 4.67. The number of nitrogens with one attached hydrogen (secondary N) is 1. The Hall–Kier alpha value is -3.41. The predicted octanol–water partition coefficient (Wildman–Crippen LogP) is 5.55. The van der Waals surface area contributed by atoms with Gasteiger partial charge < -0.3 is 9.88 Å². The first-order valence-electron chi connectivity index (χ1n) is 12.5. The van der Waals surface area contributed by atoms with Gasteiger partial charge in [0.1, 0.15) is 18.4 Å². The summed E-state index contributed by atoms with van der Waals surface area (Å²) < 4.78 is 1.80. The number of hydrogen-bond donors (Lipinski definition) is 1. The summed E-state index contributed by atoms with van der Waals surface area (Å²) in [5.41, 5.74) is 3.21. The summed E-state index contributed by atoms with van der Waals surface area (Å²) in [7, 11) is 0. The molecule has 35 heavy (non-hydrogen) atoms. The van der Waals surface area contributed by atoms with Crippen LogP contribution in [0.3, 0.4) is 0 Å². The van der Waals surface area contributed by atoms with E-state index in [1.54, 1.807) is 21.9 Å². The van der Waals surface area contributed by atoms with Crippen LogP contribution in [0, 0.1) is 13.8 Å². The summed E-state index contributed by atoms with van der Waals surface area (Å²) >= 11 is 0. The normalized spacial score (nSPS) is 15.7. The Morgan fingerprint density at radius 3 is 2.54 bits per heavy atom. The van der Waals surface area contributed by atoms with E-state index in [0.29, 0.717) is 5.70 Å². The molecule has 186 valence electrons. The van der Waals surface area contributed by atoms with Crippen LogP contribution in [0.25, 0.3) is 0 Å². The van der Waals surface area contributed by atoms with Gasteiger partial charge in [-0.2, -0.15) is 0 Å². The average Bonchev–Trinajstić information content (AvgIpc) is 3.22. The first-order chi connectivity index (χ1) is 16.8. The molecule has 1 atom stereocenters. The van der Waals surface area contributed by atoms with Crippen molar-refractivity contribution in [3.05, 3.63) is 89.7 Å². The van der Waals surface area contributed by atoms with Crippen molar-refractivity contribution in [2.24, 2.45) is 0 Å². The second-order valence-corrected chi connectivity index (χ2v) is 9.38. The third-order valence-corrected chi connectivity index (χ3v) is 6.45. The maximum Gasteiger partial charge on any atom is 0.248 e. The lowest BCUT2D eigenvalue weighted by atomic mass is 9.93. The highest BCUT2D eigenvalue weighted by molar-refractivity contribution is 5.90. The molecule has 1 aromatic carbocycles. The van der Waals surface area contributed by atoms with E-state index >= 15 is 0 Å². The number of benzene rings is 1. The highest BCUT2D eigenvalue weighted by Crippen LogP contribution is 2.30. The molecular formula is C29H38N4O2. The van der Waals surface area contributed by atoms with Crippen LogP contribution in [-0.4, -0.2) is 32.3 Å². The zero-order chi connectivity index (χ0) is 25.4. The monoisotopic (exact) mass is 474 g/mol. The first kappa shape index (κ1) is 26.2. The van der Waals surface area contributed by atoms with Crippen molar-refractivity contribution in [1.82, 2.24) is 19.8 Å². The number of carbonyl (C=O) groups is 2. The van der Waals surface area contributed by atoms with Crippen LogP contribution in [-0.2, 0) is 16.1 Å². The smallest absolute Gasteiger partial charge is 0.248 e. The number of carbonyl (C=O) groups excluding carboxylic acids is 2. The molecule has 1 aliphatic carbocycles. The van der Waals surface area contributed by atoms with Gasteiger partial charge in [-0.05, 0) is 63.8 Å². The molecule has 0 aliphatic heterocycles. The van der Waals surface area contributed by atoms with Crippen LogP contribution >= 0.6 is 0 Å². The third kappa shape index (κ3) is 6.81. The molecule has 1 aliphatic rings. The fraction of sp³-hybridized carbons (Fsp3) is 0.414. The predicted molar refractivity (Wildman–Crippen MR) is 140 cm³/mol. The standard InChI is InChI=1S/C29H38N4O2/c1-6-12-25(19-21(2)3)33(27(34)20-32-18-17-30-23(32)5)28(26-16-11-10-13-22(26)4)29(35)31-24-14-8-7-9-15-24/h6,10-13,16-19,24,28H,2,7-9,14-15,20H2,1,3-5H3,(H,31,35). The van der Waals surface area contributed by atoms with Crippen LogP contribution < -0.4 is 5.32 Å². The highest BCUT2D eigenvalue weighted by Gasteiger charge is 2.35. The molecule has 2 aromatic rings. The summed E-state index contributed by atoms with van der Waals surface area (Å²) in [6.07, 6.45) is 14.4. The number of rotatable bonds is 9. The van der Waals surface area contributed by atoms with Gasteiger partial charge in [-0.1, -0.05) is 61.8 Å².